The minimum absolute atomic E-state index is 0.217. The molecule has 1 fully saturated rings. The van der Waals surface area contributed by atoms with Crippen LogP contribution in [0, 0.1) is 5.92 Å². The summed E-state index contributed by atoms with van der Waals surface area (Å²) >= 11 is 0. The van der Waals surface area contributed by atoms with Crippen molar-refractivity contribution in [2.75, 3.05) is 18.8 Å². The lowest BCUT2D eigenvalue weighted by Crippen LogP contribution is -2.48. The zero-order valence-corrected chi connectivity index (χ0v) is 13.0. The first-order valence-electron chi connectivity index (χ1n) is 7.14. The van der Waals surface area contributed by atoms with Crippen molar-refractivity contribution in [2.45, 2.75) is 59.0 Å². The van der Waals surface area contributed by atoms with Gasteiger partial charge in [-0.1, -0.05) is 20.3 Å². The molecule has 0 aromatic heterocycles. The average Bonchev–Trinajstić information content (AvgIpc) is 2.38. The normalized spacial score (nSPS) is 22.9. The number of nitrogens with one attached hydrogen (secondary N) is 1. The number of nitrogens with zero attached hydrogens (tertiary/aromatic N) is 1. The minimum Gasteiger partial charge on any atom is -0.311 e. The molecule has 0 aliphatic carbocycles. The summed E-state index contributed by atoms with van der Waals surface area (Å²) in [6.45, 7) is 9.74. The van der Waals surface area contributed by atoms with E-state index in [1.54, 1.807) is 11.2 Å². The molecule has 0 saturated carbocycles. The first kappa shape index (κ1) is 15.9. The molecule has 2 atom stereocenters. The molecule has 1 aliphatic heterocycles. The smallest absolute Gasteiger partial charge is 0.213 e. The Morgan fingerprint density at radius 2 is 1.78 bits per heavy atom. The van der Waals surface area contributed by atoms with Crippen LogP contribution >= 0.6 is 0 Å². The molecular weight excluding hydrogens is 248 g/mol. The maximum atomic E-state index is 11.7. The molecule has 1 aliphatic rings. The van der Waals surface area contributed by atoms with Gasteiger partial charge in [0.2, 0.25) is 10.0 Å². The van der Waals surface area contributed by atoms with E-state index in [0.717, 1.165) is 12.8 Å². The largest absolute Gasteiger partial charge is 0.311 e. The van der Waals surface area contributed by atoms with E-state index >= 15 is 0 Å². The summed E-state index contributed by atoms with van der Waals surface area (Å²) in [7, 11) is -2.99. The minimum atomic E-state index is -2.99. The predicted molar refractivity (Wildman–Crippen MR) is 76.1 cm³/mol. The molecule has 108 valence electrons. The zero-order chi connectivity index (χ0) is 13.8. The van der Waals surface area contributed by atoms with Crippen molar-refractivity contribution in [1.29, 1.82) is 0 Å². The molecule has 1 N–H and O–H groups in total. The Labute approximate surface area is 112 Å². The van der Waals surface area contributed by atoms with Gasteiger partial charge >= 0.3 is 0 Å². The van der Waals surface area contributed by atoms with E-state index < -0.39 is 10.0 Å². The van der Waals surface area contributed by atoms with Gasteiger partial charge in [-0.05, 0) is 32.6 Å². The Morgan fingerprint density at radius 1 is 1.22 bits per heavy atom. The molecule has 2 unspecified atom stereocenters. The number of sulfonamides is 1. The second-order valence-electron chi connectivity index (χ2n) is 5.41. The van der Waals surface area contributed by atoms with Crippen LogP contribution in [0.1, 0.15) is 47.0 Å². The second kappa shape index (κ2) is 6.87. The highest BCUT2D eigenvalue weighted by Crippen LogP contribution is 2.16. The number of piperidine rings is 1. The average molecular weight is 276 g/mol. The van der Waals surface area contributed by atoms with Crippen molar-refractivity contribution in [3.05, 3.63) is 0 Å². The van der Waals surface area contributed by atoms with Crippen molar-refractivity contribution >= 4 is 10.0 Å². The van der Waals surface area contributed by atoms with Crippen molar-refractivity contribution in [3.63, 3.8) is 0 Å². The fourth-order valence-electron chi connectivity index (χ4n) is 2.37. The fourth-order valence-corrected chi connectivity index (χ4v) is 3.51. The van der Waals surface area contributed by atoms with Crippen LogP contribution in [-0.4, -0.2) is 43.6 Å². The molecule has 18 heavy (non-hydrogen) atoms. The van der Waals surface area contributed by atoms with Gasteiger partial charge in [-0.15, -0.1) is 0 Å². The maximum Gasteiger partial charge on any atom is 0.213 e. The molecule has 1 saturated heterocycles. The Morgan fingerprint density at radius 3 is 2.22 bits per heavy atom. The van der Waals surface area contributed by atoms with Crippen LogP contribution in [0.15, 0.2) is 0 Å². The van der Waals surface area contributed by atoms with Gasteiger partial charge in [0.15, 0.2) is 0 Å². The first-order valence-corrected chi connectivity index (χ1v) is 8.75. The van der Waals surface area contributed by atoms with Crippen molar-refractivity contribution < 1.29 is 8.42 Å². The zero-order valence-electron chi connectivity index (χ0n) is 12.1. The lowest BCUT2D eigenvalue weighted by atomic mass is 9.98. The van der Waals surface area contributed by atoms with E-state index in [2.05, 4.69) is 26.1 Å². The van der Waals surface area contributed by atoms with E-state index in [4.69, 9.17) is 0 Å². The summed E-state index contributed by atoms with van der Waals surface area (Å²) in [5, 5.41) is 3.64. The Bertz CT molecular complexity index is 335. The molecule has 5 heteroatoms. The highest BCUT2D eigenvalue weighted by atomic mass is 32.2. The molecule has 0 bridgehead atoms. The highest BCUT2D eigenvalue weighted by Gasteiger charge is 2.27. The van der Waals surface area contributed by atoms with Crippen LogP contribution in [0.3, 0.4) is 0 Å². The molecule has 0 aromatic rings. The number of rotatable bonds is 6. The van der Waals surface area contributed by atoms with E-state index in [1.165, 1.54) is 6.42 Å². The molecule has 0 radical (unpaired) electrons. The van der Waals surface area contributed by atoms with Gasteiger partial charge in [0, 0.05) is 25.2 Å². The van der Waals surface area contributed by atoms with Crippen LogP contribution in [0.4, 0.5) is 0 Å². The molecular formula is C13H28N2O2S. The first-order chi connectivity index (χ1) is 8.40. The SMILES string of the molecule is CCC(C)C(C)NC1CCN(S(=O)(=O)CC)CC1. The third-order valence-corrected chi connectivity index (χ3v) is 6.09. The summed E-state index contributed by atoms with van der Waals surface area (Å²) in [5.74, 6) is 0.886. The van der Waals surface area contributed by atoms with E-state index in [1.807, 2.05) is 0 Å². The summed E-state index contributed by atoms with van der Waals surface area (Å²) < 4.78 is 25.1. The van der Waals surface area contributed by atoms with Gasteiger partial charge < -0.3 is 5.32 Å². The maximum absolute atomic E-state index is 11.7. The predicted octanol–water partition coefficient (Wildman–Crippen LogP) is 1.82. The standard InChI is InChI=1S/C13H28N2O2S/c1-5-11(3)12(4)14-13-7-9-15(10-8-13)18(16,17)6-2/h11-14H,5-10H2,1-4H3. The lowest BCUT2D eigenvalue weighted by molar-refractivity contribution is 0.255. The Balaban J connectivity index is 2.40. The van der Waals surface area contributed by atoms with Gasteiger partial charge in [0.1, 0.15) is 0 Å². The van der Waals surface area contributed by atoms with E-state index in [9.17, 15) is 8.42 Å². The van der Waals surface area contributed by atoms with Crippen LogP contribution in [0.25, 0.3) is 0 Å². The van der Waals surface area contributed by atoms with Crippen LogP contribution in [0.5, 0.6) is 0 Å². The summed E-state index contributed by atoms with van der Waals surface area (Å²) in [4.78, 5) is 0. The van der Waals surface area contributed by atoms with Gasteiger partial charge in [-0.25, -0.2) is 12.7 Å². The van der Waals surface area contributed by atoms with Crippen molar-refractivity contribution in [3.8, 4) is 0 Å². The quantitative estimate of drug-likeness (QED) is 0.805. The number of hydrogen-bond donors (Lipinski definition) is 1. The summed E-state index contributed by atoms with van der Waals surface area (Å²) in [5.41, 5.74) is 0. The Hall–Kier alpha value is -0.130. The number of hydrogen-bond acceptors (Lipinski definition) is 3. The van der Waals surface area contributed by atoms with Crippen LogP contribution in [0.2, 0.25) is 0 Å². The lowest BCUT2D eigenvalue weighted by Gasteiger charge is -2.34. The second-order valence-corrected chi connectivity index (χ2v) is 7.67. The van der Waals surface area contributed by atoms with Crippen LogP contribution in [-0.2, 0) is 10.0 Å². The molecule has 0 aromatic carbocycles. The molecule has 4 nitrogen and oxygen atoms in total. The van der Waals surface area contributed by atoms with Crippen LogP contribution < -0.4 is 5.32 Å². The molecule has 0 spiro atoms. The van der Waals surface area contributed by atoms with Gasteiger partial charge in [-0.2, -0.15) is 0 Å². The van der Waals surface area contributed by atoms with E-state index in [-0.39, 0.29) is 5.75 Å². The highest BCUT2D eigenvalue weighted by molar-refractivity contribution is 7.89. The Kier molecular flexibility index (Phi) is 6.08. The monoisotopic (exact) mass is 276 g/mol. The third-order valence-electron chi connectivity index (χ3n) is 4.21. The van der Waals surface area contributed by atoms with Crippen molar-refractivity contribution in [2.24, 2.45) is 5.92 Å². The third kappa shape index (κ3) is 4.21. The summed E-state index contributed by atoms with van der Waals surface area (Å²) in [6.07, 6.45) is 3.04. The van der Waals surface area contributed by atoms with Gasteiger partial charge in [0.25, 0.3) is 0 Å². The van der Waals surface area contributed by atoms with Crippen molar-refractivity contribution in [1.82, 2.24) is 9.62 Å². The fraction of sp³-hybridized carbons (Fsp3) is 1.00. The topological polar surface area (TPSA) is 49.4 Å². The van der Waals surface area contributed by atoms with E-state index in [0.29, 0.717) is 31.1 Å². The molecule has 0 amide bonds. The van der Waals surface area contributed by atoms with Gasteiger partial charge in [-0.3, -0.25) is 0 Å². The molecule has 1 rings (SSSR count). The molecule has 1 heterocycles. The summed E-state index contributed by atoms with van der Waals surface area (Å²) in [6, 6.07) is 0.978. The van der Waals surface area contributed by atoms with Gasteiger partial charge in [0.05, 0.1) is 5.75 Å².